The molecule has 2 rings (SSSR count). The summed E-state index contributed by atoms with van der Waals surface area (Å²) in [4.78, 5) is 13.8. The number of nitrogens with one attached hydrogen (secondary N) is 2. The first-order chi connectivity index (χ1) is 8.65. The lowest BCUT2D eigenvalue weighted by Gasteiger charge is -2.34. The molecule has 0 saturated carbocycles. The maximum absolute atomic E-state index is 11.3. The third-order valence-electron chi connectivity index (χ3n) is 4.22. The Morgan fingerprint density at radius 3 is 2.42 bits per heavy atom. The maximum Gasteiger partial charge on any atom is 0.220 e. The van der Waals surface area contributed by atoms with E-state index in [0.29, 0.717) is 18.5 Å². The van der Waals surface area contributed by atoms with Crippen molar-refractivity contribution in [2.24, 2.45) is 5.92 Å². The number of rotatable bonds is 5. The van der Waals surface area contributed by atoms with Crippen molar-refractivity contribution >= 4 is 18.3 Å². The number of hydrogen-bond acceptors (Lipinski definition) is 3. The Bertz CT molecular complexity index is 280. The molecule has 0 aromatic heterocycles. The predicted octanol–water partition coefficient (Wildman–Crippen LogP) is 1.40. The van der Waals surface area contributed by atoms with Gasteiger partial charge in [-0.1, -0.05) is 0 Å². The summed E-state index contributed by atoms with van der Waals surface area (Å²) in [6.45, 7) is 9.06. The van der Waals surface area contributed by atoms with Crippen molar-refractivity contribution in [3.8, 4) is 0 Å². The molecule has 4 nitrogen and oxygen atoms in total. The molecule has 2 heterocycles. The molecule has 1 atom stereocenters. The van der Waals surface area contributed by atoms with E-state index in [0.717, 1.165) is 32.0 Å². The molecule has 1 amide bonds. The van der Waals surface area contributed by atoms with Crippen molar-refractivity contribution in [2.75, 3.05) is 26.2 Å². The van der Waals surface area contributed by atoms with Gasteiger partial charge in [0.05, 0.1) is 0 Å². The van der Waals surface area contributed by atoms with Crippen molar-refractivity contribution in [3.05, 3.63) is 0 Å². The zero-order chi connectivity index (χ0) is 13.0. The average Bonchev–Trinajstić information content (AvgIpc) is 2.75. The van der Waals surface area contributed by atoms with Gasteiger partial charge in [-0.25, -0.2) is 0 Å². The molecule has 1 unspecified atom stereocenters. The second kappa shape index (κ2) is 8.08. The van der Waals surface area contributed by atoms with Crippen LogP contribution in [0.2, 0.25) is 0 Å². The van der Waals surface area contributed by atoms with Crippen LogP contribution in [0.15, 0.2) is 0 Å². The van der Waals surface area contributed by atoms with Gasteiger partial charge < -0.3 is 10.6 Å². The normalized spacial score (nSPS) is 24.6. The van der Waals surface area contributed by atoms with Gasteiger partial charge in [-0.05, 0) is 52.1 Å². The fraction of sp³-hybridized carbons (Fsp3) is 0.929. The summed E-state index contributed by atoms with van der Waals surface area (Å²) in [7, 11) is 0. The molecule has 2 aliphatic rings. The lowest BCUT2D eigenvalue weighted by Crippen LogP contribution is -2.45. The molecule has 0 spiro atoms. The first-order valence-electron chi connectivity index (χ1n) is 7.39. The number of carbonyl (C=O) groups is 1. The largest absolute Gasteiger partial charge is 0.352 e. The van der Waals surface area contributed by atoms with Crippen LogP contribution in [-0.2, 0) is 4.79 Å². The van der Waals surface area contributed by atoms with E-state index in [2.05, 4.69) is 29.4 Å². The summed E-state index contributed by atoms with van der Waals surface area (Å²) in [5, 5.41) is 6.50. The van der Waals surface area contributed by atoms with Gasteiger partial charge in [-0.3, -0.25) is 9.69 Å². The molecule has 0 aromatic carbocycles. The molecular weight excluding hydrogens is 262 g/mol. The zero-order valence-corrected chi connectivity index (χ0v) is 13.0. The van der Waals surface area contributed by atoms with Crippen LogP contribution < -0.4 is 10.6 Å². The number of nitrogens with zero attached hydrogens (tertiary/aromatic N) is 1. The fourth-order valence-electron chi connectivity index (χ4n) is 2.99. The fourth-order valence-corrected chi connectivity index (χ4v) is 2.99. The van der Waals surface area contributed by atoms with Gasteiger partial charge in [0.2, 0.25) is 5.91 Å². The molecule has 2 fully saturated rings. The summed E-state index contributed by atoms with van der Waals surface area (Å²) in [5.74, 6) is 1.05. The molecule has 0 radical (unpaired) electrons. The van der Waals surface area contributed by atoms with E-state index in [4.69, 9.17) is 0 Å². The Balaban J connectivity index is 0.00000180. The quantitative estimate of drug-likeness (QED) is 0.804. The lowest BCUT2D eigenvalue weighted by molar-refractivity contribution is -0.119. The molecule has 112 valence electrons. The Morgan fingerprint density at radius 2 is 1.89 bits per heavy atom. The van der Waals surface area contributed by atoms with Crippen LogP contribution in [0, 0.1) is 5.92 Å². The second-order valence-electron chi connectivity index (χ2n) is 6.04. The SMILES string of the molecule is CC(C)N(CC1CCNCC1)CC1CCC(=O)N1.Cl. The van der Waals surface area contributed by atoms with Gasteiger partial charge in [-0.15, -0.1) is 12.4 Å². The lowest BCUT2D eigenvalue weighted by atomic mass is 9.96. The van der Waals surface area contributed by atoms with Crippen LogP contribution in [0.5, 0.6) is 0 Å². The third kappa shape index (κ3) is 5.28. The van der Waals surface area contributed by atoms with Gasteiger partial charge in [-0.2, -0.15) is 0 Å². The van der Waals surface area contributed by atoms with Crippen molar-refractivity contribution in [3.63, 3.8) is 0 Å². The smallest absolute Gasteiger partial charge is 0.220 e. The minimum atomic E-state index is 0. The second-order valence-corrected chi connectivity index (χ2v) is 6.04. The zero-order valence-electron chi connectivity index (χ0n) is 12.2. The molecule has 2 aliphatic heterocycles. The highest BCUT2D eigenvalue weighted by Gasteiger charge is 2.26. The summed E-state index contributed by atoms with van der Waals surface area (Å²) in [6.07, 6.45) is 4.30. The van der Waals surface area contributed by atoms with E-state index in [1.165, 1.54) is 19.4 Å². The molecular formula is C14H28ClN3O. The van der Waals surface area contributed by atoms with Gasteiger partial charge in [0.15, 0.2) is 0 Å². The van der Waals surface area contributed by atoms with Gasteiger partial charge in [0.25, 0.3) is 0 Å². The minimum absolute atomic E-state index is 0. The van der Waals surface area contributed by atoms with Crippen molar-refractivity contribution in [1.29, 1.82) is 0 Å². The van der Waals surface area contributed by atoms with E-state index in [-0.39, 0.29) is 18.3 Å². The van der Waals surface area contributed by atoms with E-state index in [1.54, 1.807) is 0 Å². The minimum Gasteiger partial charge on any atom is -0.352 e. The van der Waals surface area contributed by atoms with Crippen molar-refractivity contribution in [2.45, 2.75) is 51.6 Å². The summed E-state index contributed by atoms with van der Waals surface area (Å²) >= 11 is 0. The summed E-state index contributed by atoms with van der Waals surface area (Å²) < 4.78 is 0. The molecule has 2 saturated heterocycles. The van der Waals surface area contributed by atoms with E-state index >= 15 is 0 Å². The molecule has 0 bridgehead atoms. The highest BCUT2D eigenvalue weighted by atomic mass is 35.5. The summed E-state index contributed by atoms with van der Waals surface area (Å²) in [6, 6.07) is 0.944. The Kier molecular flexibility index (Phi) is 7.11. The van der Waals surface area contributed by atoms with Crippen LogP contribution in [0.1, 0.15) is 39.5 Å². The number of hydrogen-bond donors (Lipinski definition) is 2. The van der Waals surface area contributed by atoms with Gasteiger partial charge >= 0.3 is 0 Å². The predicted molar refractivity (Wildman–Crippen MR) is 80.7 cm³/mol. The van der Waals surface area contributed by atoms with E-state index in [1.807, 2.05) is 0 Å². The average molecular weight is 290 g/mol. The number of carbonyl (C=O) groups excluding carboxylic acids is 1. The molecule has 19 heavy (non-hydrogen) atoms. The molecule has 5 heteroatoms. The highest BCUT2D eigenvalue weighted by molar-refractivity contribution is 5.85. The van der Waals surface area contributed by atoms with Crippen LogP contribution >= 0.6 is 12.4 Å². The van der Waals surface area contributed by atoms with Crippen LogP contribution in [0.25, 0.3) is 0 Å². The van der Waals surface area contributed by atoms with E-state index < -0.39 is 0 Å². The first-order valence-corrected chi connectivity index (χ1v) is 7.39. The number of halogens is 1. The molecule has 2 N–H and O–H groups in total. The number of amides is 1. The van der Waals surface area contributed by atoms with E-state index in [9.17, 15) is 4.79 Å². The molecule has 0 aromatic rings. The topological polar surface area (TPSA) is 44.4 Å². The number of piperidine rings is 1. The summed E-state index contributed by atoms with van der Waals surface area (Å²) in [5.41, 5.74) is 0. The Labute approximate surface area is 123 Å². The van der Waals surface area contributed by atoms with Crippen molar-refractivity contribution < 1.29 is 4.79 Å². The van der Waals surface area contributed by atoms with Crippen LogP contribution in [0.4, 0.5) is 0 Å². The molecule has 0 aliphatic carbocycles. The van der Waals surface area contributed by atoms with Gasteiger partial charge in [0.1, 0.15) is 0 Å². The Hall–Kier alpha value is -0.320. The standard InChI is InChI=1S/C14H27N3O.ClH/c1-11(2)17(9-12-5-7-15-8-6-12)10-13-3-4-14(18)16-13;/h11-13,15H,3-10H2,1-2H3,(H,16,18);1H. The Morgan fingerprint density at radius 1 is 1.21 bits per heavy atom. The van der Waals surface area contributed by atoms with Gasteiger partial charge in [0, 0.05) is 31.6 Å². The van der Waals surface area contributed by atoms with Crippen LogP contribution in [-0.4, -0.2) is 49.1 Å². The van der Waals surface area contributed by atoms with Crippen molar-refractivity contribution in [1.82, 2.24) is 15.5 Å². The first kappa shape index (κ1) is 16.7. The van der Waals surface area contributed by atoms with Crippen LogP contribution in [0.3, 0.4) is 0 Å². The highest BCUT2D eigenvalue weighted by Crippen LogP contribution is 2.17. The third-order valence-corrected chi connectivity index (χ3v) is 4.22. The monoisotopic (exact) mass is 289 g/mol. The maximum atomic E-state index is 11.3.